The minimum atomic E-state index is -0.474. The van der Waals surface area contributed by atoms with E-state index in [1.807, 2.05) is 26.0 Å². The normalized spacial score (nSPS) is 25.1. The van der Waals surface area contributed by atoms with E-state index in [4.69, 9.17) is 4.74 Å². The third-order valence-corrected chi connectivity index (χ3v) is 6.11. The van der Waals surface area contributed by atoms with Crippen molar-refractivity contribution >= 4 is 5.91 Å². The van der Waals surface area contributed by atoms with Crippen LogP contribution in [-0.4, -0.2) is 51.9 Å². The SMILES string of the molecule is CCOc1cc(C2C3C(NNC3c3cc(C)ccc3O)C(=O)N2CCCO)ccc1O. The van der Waals surface area contributed by atoms with Crippen molar-refractivity contribution in [2.45, 2.75) is 38.4 Å². The van der Waals surface area contributed by atoms with Crippen LogP contribution in [0.25, 0.3) is 0 Å². The second-order valence-corrected chi connectivity index (χ2v) is 8.10. The largest absolute Gasteiger partial charge is 0.508 e. The van der Waals surface area contributed by atoms with Gasteiger partial charge in [-0.25, -0.2) is 10.9 Å². The van der Waals surface area contributed by atoms with Gasteiger partial charge in [0.1, 0.15) is 11.8 Å². The number of hydrogen-bond acceptors (Lipinski definition) is 7. The van der Waals surface area contributed by atoms with Crippen LogP contribution in [-0.2, 0) is 4.79 Å². The van der Waals surface area contributed by atoms with E-state index in [9.17, 15) is 20.1 Å². The van der Waals surface area contributed by atoms with E-state index in [0.717, 1.165) is 16.7 Å². The standard InChI is InChI=1S/C23H29N3O5/c1-3-31-18-12-14(6-8-17(18)29)22-19-20(15-11-13(2)5-7-16(15)28)24-25-21(19)23(30)26(22)9-4-10-27/h5-8,11-12,19-22,24-25,27-29H,3-4,9-10H2,1-2H3. The highest BCUT2D eigenvalue weighted by Crippen LogP contribution is 2.49. The van der Waals surface area contributed by atoms with Gasteiger partial charge in [0.2, 0.25) is 5.91 Å². The molecular weight excluding hydrogens is 398 g/mol. The molecule has 0 aliphatic carbocycles. The third kappa shape index (κ3) is 3.82. The summed E-state index contributed by atoms with van der Waals surface area (Å²) < 4.78 is 5.57. The van der Waals surface area contributed by atoms with Crippen LogP contribution >= 0.6 is 0 Å². The fourth-order valence-electron chi connectivity index (χ4n) is 4.77. The first kappa shape index (κ1) is 21.4. The summed E-state index contributed by atoms with van der Waals surface area (Å²) in [6, 6.07) is 9.50. The molecule has 4 rings (SSSR count). The first-order valence-electron chi connectivity index (χ1n) is 10.6. The Kier molecular flexibility index (Phi) is 6.04. The van der Waals surface area contributed by atoms with Gasteiger partial charge < -0.3 is 25.0 Å². The summed E-state index contributed by atoms with van der Waals surface area (Å²) in [6.07, 6.45) is 0.464. The monoisotopic (exact) mass is 427 g/mol. The molecule has 2 saturated heterocycles. The van der Waals surface area contributed by atoms with Gasteiger partial charge in [0.05, 0.1) is 18.7 Å². The van der Waals surface area contributed by atoms with Gasteiger partial charge >= 0.3 is 0 Å². The molecule has 166 valence electrons. The molecule has 0 bridgehead atoms. The molecule has 2 heterocycles. The number of rotatable bonds is 7. The number of hydrazine groups is 1. The quantitative estimate of drug-likeness (QED) is 0.459. The minimum absolute atomic E-state index is 0.0145. The fraction of sp³-hybridized carbons (Fsp3) is 0.435. The first-order valence-corrected chi connectivity index (χ1v) is 10.6. The number of amides is 1. The van der Waals surface area contributed by atoms with Gasteiger partial charge in [0.15, 0.2) is 11.5 Å². The summed E-state index contributed by atoms with van der Waals surface area (Å²) in [5.41, 5.74) is 8.92. The molecule has 0 saturated carbocycles. The molecule has 2 aliphatic heterocycles. The summed E-state index contributed by atoms with van der Waals surface area (Å²) in [4.78, 5) is 15.1. The van der Waals surface area contributed by atoms with E-state index in [1.165, 1.54) is 0 Å². The predicted molar refractivity (Wildman–Crippen MR) is 115 cm³/mol. The van der Waals surface area contributed by atoms with Gasteiger partial charge in [0, 0.05) is 24.6 Å². The Morgan fingerprint density at radius 2 is 1.81 bits per heavy atom. The van der Waals surface area contributed by atoms with Crippen LogP contribution in [0.5, 0.6) is 17.2 Å². The third-order valence-electron chi connectivity index (χ3n) is 6.11. The zero-order valence-electron chi connectivity index (χ0n) is 17.7. The van der Waals surface area contributed by atoms with Crippen LogP contribution in [0.1, 0.15) is 42.1 Å². The van der Waals surface area contributed by atoms with Gasteiger partial charge in [-0.05, 0) is 44.0 Å². The molecule has 8 heteroatoms. The summed E-state index contributed by atoms with van der Waals surface area (Å²) in [6.45, 7) is 4.60. The number of hydrogen-bond donors (Lipinski definition) is 5. The van der Waals surface area contributed by atoms with E-state index in [0.29, 0.717) is 25.3 Å². The van der Waals surface area contributed by atoms with Crippen molar-refractivity contribution in [2.24, 2.45) is 5.92 Å². The second kappa shape index (κ2) is 8.74. The number of fused-ring (bicyclic) bond motifs is 1. The number of aliphatic hydroxyl groups is 1. The Hall–Kier alpha value is -2.81. The molecule has 2 aromatic carbocycles. The first-order chi connectivity index (χ1) is 15.0. The Balaban J connectivity index is 1.79. The van der Waals surface area contributed by atoms with Crippen molar-refractivity contribution in [2.75, 3.05) is 19.8 Å². The van der Waals surface area contributed by atoms with Crippen molar-refractivity contribution in [3.63, 3.8) is 0 Å². The molecule has 1 amide bonds. The summed E-state index contributed by atoms with van der Waals surface area (Å²) in [5, 5.41) is 30.1. The van der Waals surface area contributed by atoms with E-state index < -0.39 is 6.04 Å². The number of phenols is 2. The van der Waals surface area contributed by atoms with Gasteiger partial charge in [-0.3, -0.25) is 4.79 Å². The number of aromatic hydroxyl groups is 2. The second-order valence-electron chi connectivity index (χ2n) is 8.10. The van der Waals surface area contributed by atoms with E-state index in [2.05, 4.69) is 10.9 Å². The molecule has 31 heavy (non-hydrogen) atoms. The van der Waals surface area contributed by atoms with Crippen LogP contribution in [0, 0.1) is 12.8 Å². The highest BCUT2D eigenvalue weighted by molar-refractivity contribution is 5.86. The maximum absolute atomic E-state index is 13.3. The molecule has 0 radical (unpaired) electrons. The molecule has 0 aromatic heterocycles. The zero-order chi connectivity index (χ0) is 22.1. The van der Waals surface area contributed by atoms with Crippen molar-refractivity contribution in [3.8, 4) is 17.2 Å². The van der Waals surface area contributed by atoms with E-state index in [-0.39, 0.29) is 42.0 Å². The van der Waals surface area contributed by atoms with Crippen molar-refractivity contribution in [3.05, 3.63) is 53.1 Å². The lowest BCUT2D eigenvalue weighted by Crippen LogP contribution is -2.41. The van der Waals surface area contributed by atoms with Crippen LogP contribution < -0.4 is 15.6 Å². The molecule has 0 spiro atoms. The number of nitrogens with zero attached hydrogens (tertiary/aromatic N) is 1. The molecule has 2 aliphatic rings. The number of ether oxygens (including phenoxy) is 1. The van der Waals surface area contributed by atoms with Gasteiger partial charge in [0.25, 0.3) is 0 Å². The molecule has 2 fully saturated rings. The number of carbonyl (C=O) groups excluding carboxylic acids is 1. The Labute approximate surface area is 181 Å². The zero-order valence-corrected chi connectivity index (χ0v) is 17.7. The topological polar surface area (TPSA) is 114 Å². The highest BCUT2D eigenvalue weighted by atomic mass is 16.5. The molecule has 8 nitrogen and oxygen atoms in total. The van der Waals surface area contributed by atoms with E-state index >= 15 is 0 Å². The van der Waals surface area contributed by atoms with Crippen LogP contribution in [0.3, 0.4) is 0 Å². The van der Waals surface area contributed by atoms with Gasteiger partial charge in [-0.15, -0.1) is 0 Å². The maximum Gasteiger partial charge on any atom is 0.242 e. The lowest BCUT2D eigenvalue weighted by molar-refractivity contribution is -0.130. The van der Waals surface area contributed by atoms with Crippen LogP contribution in [0.4, 0.5) is 0 Å². The molecule has 5 N–H and O–H groups in total. The fourth-order valence-corrected chi connectivity index (χ4v) is 4.77. The van der Waals surface area contributed by atoms with E-state index in [1.54, 1.807) is 29.2 Å². The minimum Gasteiger partial charge on any atom is -0.508 e. The van der Waals surface area contributed by atoms with Crippen molar-refractivity contribution < 1.29 is 24.9 Å². The molecular formula is C23H29N3O5. The number of benzene rings is 2. The van der Waals surface area contributed by atoms with Crippen molar-refractivity contribution in [1.82, 2.24) is 15.8 Å². The smallest absolute Gasteiger partial charge is 0.242 e. The Morgan fingerprint density at radius 1 is 1.06 bits per heavy atom. The average molecular weight is 428 g/mol. The summed E-state index contributed by atoms with van der Waals surface area (Å²) in [5.74, 6) is 0.316. The van der Waals surface area contributed by atoms with Gasteiger partial charge in [-0.2, -0.15) is 0 Å². The number of aryl methyl sites for hydroxylation is 1. The Morgan fingerprint density at radius 3 is 2.55 bits per heavy atom. The number of nitrogens with one attached hydrogen (secondary N) is 2. The molecule has 4 atom stereocenters. The molecule has 2 aromatic rings. The number of aliphatic hydroxyl groups excluding tert-OH is 1. The Bertz CT molecular complexity index is 966. The van der Waals surface area contributed by atoms with Crippen LogP contribution in [0.15, 0.2) is 36.4 Å². The molecule has 4 unspecified atom stereocenters. The summed E-state index contributed by atoms with van der Waals surface area (Å²) in [7, 11) is 0. The average Bonchev–Trinajstić information content (AvgIpc) is 3.29. The summed E-state index contributed by atoms with van der Waals surface area (Å²) >= 11 is 0. The lowest BCUT2D eigenvalue weighted by atomic mass is 9.82. The number of phenolic OH excluding ortho intramolecular Hbond substituents is 2. The lowest BCUT2D eigenvalue weighted by Gasteiger charge is -2.31. The van der Waals surface area contributed by atoms with Gasteiger partial charge in [-0.1, -0.05) is 23.8 Å². The number of carbonyl (C=O) groups is 1. The van der Waals surface area contributed by atoms with Crippen molar-refractivity contribution in [1.29, 1.82) is 0 Å². The van der Waals surface area contributed by atoms with Crippen LogP contribution in [0.2, 0.25) is 0 Å². The maximum atomic E-state index is 13.3. The highest BCUT2D eigenvalue weighted by Gasteiger charge is 2.55. The number of likely N-dealkylation sites (tertiary alicyclic amines) is 1. The predicted octanol–water partition coefficient (Wildman–Crippen LogP) is 1.90.